The molecule has 1 aliphatic rings. The van der Waals surface area contributed by atoms with Crippen molar-refractivity contribution in [2.24, 2.45) is 0 Å². The van der Waals surface area contributed by atoms with Crippen molar-refractivity contribution in [3.63, 3.8) is 0 Å². The number of carbonyl (C=O) groups excluding carboxylic acids is 1. The molecule has 1 aromatic heterocycles. The molecule has 24 heavy (non-hydrogen) atoms. The topological polar surface area (TPSA) is 104 Å². The van der Waals surface area contributed by atoms with Crippen LogP contribution in [0.3, 0.4) is 0 Å². The van der Waals surface area contributed by atoms with Crippen LogP contribution in [-0.4, -0.2) is 38.4 Å². The van der Waals surface area contributed by atoms with E-state index in [-0.39, 0.29) is 16.5 Å². The van der Waals surface area contributed by atoms with Gasteiger partial charge in [0.25, 0.3) is 10.0 Å². The number of sulfonamides is 1. The van der Waals surface area contributed by atoms with Gasteiger partial charge in [0.1, 0.15) is 0 Å². The van der Waals surface area contributed by atoms with Crippen LogP contribution in [-0.2, 0) is 21.2 Å². The fraction of sp³-hybridized carbons (Fsp3) is 0.267. The maximum absolute atomic E-state index is 12.5. The zero-order valence-corrected chi connectivity index (χ0v) is 14.1. The minimum atomic E-state index is -3.75. The summed E-state index contributed by atoms with van der Waals surface area (Å²) in [7, 11) is -0.156. The number of nitrogens with one attached hydrogen (secondary N) is 2. The Hall–Kier alpha value is -2.68. The number of carbonyl (C=O) groups is 1. The monoisotopic (exact) mass is 347 g/mol. The first-order chi connectivity index (χ1) is 11.3. The highest BCUT2D eigenvalue weighted by Gasteiger charge is 2.20. The molecule has 1 amide bonds. The predicted octanol–water partition coefficient (Wildman–Crippen LogP) is 1.23. The standard InChI is InChI=1S/C15H17N5O3S/c1-20(2)15-16-8-11(9-17-15)19-24(22,23)12-4-5-13-10(7-12)3-6-14(21)18-13/h4-5,7-9,19H,3,6H2,1-2H3,(H,18,21). The molecule has 2 heterocycles. The molecule has 8 nitrogen and oxygen atoms in total. The lowest BCUT2D eigenvalue weighted by atomic mass is 10.0. The number of aryl methyl sites for hydroxylation is 1. The molecule has 0 aliphatic carbocycles. The van der Waals surface area contributed by atoms with Gasteiger partial charge in [0.05, 0.1) is 23.0 Å². The summed E-state index contributed by atoms with van der Waals surface area (Å²) < 4.78 is 27.5. The van der Waals surface area contributed by atoms with Gasteiger partial charge in [0, 0.05) is 26.2 Å². The smallest absolute Gasteiger partial charge is 0.262 e. The number of hydrogen-bond donors (Lipinski definition) is 2. The van der Waals surface area contributed by atoms with Gasteiger partial charge in [-0.25, -0.2) is 18.4 Å². The maximum atomic E-state index is 12.5. The number of hydrogen-bond acceptors (Lipinski definition) is 6. The Morgan fingerprint density at radius 1 is 1.17 bits per heavy atom. The van der Waals surface area contributed by atoms with Crippen molar-refractivity contribution < 1.29 is 13.2 Å². The summed E-state index contributed by atoms with van der Waals surface area (Å²) in [5.41, 5.74) is 1.74. The Labute approximate surface area is 140 Å². The molecule has 126 valence electrons. The number of amides is 1. The molecule has 1 aliphatic heterocycles. The van der Waals surface area contributed by atoms with Crippen LogP contribution in [0.1, 0.15) is 12.0 Å². The number of nitrogens with zero attached hydrogens (tertiary/aromatic N) is 3. The Bertz CT molecular complexity index is 878. The first-order valence-electron chi connectivity index (χ1n) is 7.30. The Morgan fingerprint density at radius 3 is 2.54 bits per heavy atom. The summed E-state index contributed by atoms with van der Waals surface area (Å²) in [5.74, 6) is 0.428. The van der Waals surface area contributed by atoms with E-state index in [1.807, 2.05) is 0 Å². The number of anilines is 3. The van der Waals surface area contributed by atoms with Crippen LogP contribution in [0.15, 0.2) is 35.5 Å². The van der Waals surface area contributed by atoms with Gasteiger partial charge in [0.2, 0.25) is 11.9 Å². The highest BCUT2D eigenvalue weighted by atomic mass is 32.2. The molecule has 0 saturated heterocycles. The summed E-state index contributed by atoms with van der Waals surface area (Å²) in [6.45, 7) is 0. The average Bonchev–Trinajstić information content (AvgIpc) is 2.54. The summed E-state index contributed by atoms with van der Waals surface area (Å²) in [4.78, 5) is 21.4. The number of benzene rings is 1. The van der Waals surface area contributed by atoms with Crippen molar-refractivity contribution in [1.29, 1.82) is 0 Å². The summed E-state index contributed by atoms with van der Waals surface area (Å²) in [5, 5.41) is 2.73. The Morgan fingerprint density at radius 2 is 1.88 bits per heavy atom. The second kappa shape index (κ2) is 6.08. The lowest BCUT2D eigenvalue weighted by Crippen LogP contribution is -2.20. The van der Waals surface area contributed by atoms with Gasteiger partial charge < -0.3 is 10.2 Å². The number of rotatable bonds is 4. The Balaban J connectivity index is 1.84. The zero-order valence-electron chi connectivity index (χ0n) is 13.3. The third-order valence-corrected chi connectivity index (χ3v) is 4.95. The molecule has 9 heteroatoms. The second-order valence-corrected chi connectivity index (χ2v) is 7.32. The van der Waals surface area contributed by atoms with Crippen LogP contribution in [0.5, 0.6) is 0 Å². The minimum Gasteiger partial charge on any atom is -0.347 e. The lowest BCUT2D eigenvalue weighted by molar-refractivity contribution is -0.116. The van der Waals surface area contributed by atoms with Crippen molar-refractivity contribution >= 4 is 33.3 Å². The quantitative estimate of drug-likeness (QED) is 0.862. The molecule has 0 unspecified atom stereocenters. The van der Waals surface area contributed by atoms with Crippen LogP contribution in [0, 0.1) is 0 Å². The SMILES string of the molecule is CN(C)c1ncc(NS(=O)(=O)c2ccc3c(c2)CCC(=O)N3)cn1. The number of aromatic nitrogens is 2. The Kier molecular flexibility index (Phi) is 4.10. The third kappa shape index (κ3) is 3.30. The van der Waals surface area contributed by atoms with Crippen LogP contribution in [0.4, 0.5) is 17.3 Å². The van der Waals surface area contributed by atoms with Crippen molar-refractivity contribution in [3.8, 4) is 0 Å². The second-order valence-electron chi connectivity index (χ2n) is 5.64. The molecule has 0 atom stereocenters. The molecule has 0 spiro atoms. The van der Waals surface area contributed by atoms with Gasteiger partial charge in [-0.05, 0) is 30.2 Å². The van der Waals surface area contributed by atoms with Crippen LogP contribution >= 0.6 is 0 Å². The van der Waals surface area contributed by atoms with Gasteiger partial charge in [-0.3, -0.25) is 9.52 Å². The third-order valence-electron chi connectivity index (χ3n) is 3.57. The highest BCUT2D eigenvalue weighted by Crippen LogP contribution is 2.26. The van der Waals surface area contributed by atoms with Crippen LogP contribution in [0.2, 0.25) is 0 Å². The van der Waals surface area contributed by atoms with E-state index in [0.29, 0.717) is 24.5 Å². The lowest BCUT2D eigenvalue weighted by Gasteiger charge is -2.18. The van der Waals surface area contributed by atoms with E-state index in [4.69, 9.17) is 0 Å². The zero-order chi connectivity index (χ0) is 17.3. The molecule has 1 aromatic carbocycles. The van der Waals surface area contributed by atoms with Crippen molar-refractivity contribution in [3.05, 3.63) is 36.2 Å². The van der Waals surface area contributed by atoms with Gasteiger partial charge >= 0.3 is 0 Å². The first-order valence-corrected chi connectivity index (χ1v) is 8.78. The van der Waals surface area contributed by atoms with Crippen molar-refractivity contribution in [1.82, 2.24) is 9.97 Å². The molecule has 0 bridgehead atoms. The van der Waals surface area contributed by atoms with E-state index >= 15 is 0 Å². The van der Waals surface area contributed by atoms with E-state index in [0.717, 1.165) is 5.56 Å². The predicted molar refractivity (Wildman–Crippen MR) is 90.6 cm³/mol. The molecule has 2 N–H and O–H groups in total. The normalized spacial score (nSPS) is 13.8. The van der Waals surface area contributed by atoms with Gasteiger partial charge in [-0.2, -0.15) is 0 Å². The molecule has 0 fully saturated rings. The molecule has 0 saturated carbocycles. The average molecular weight is 347 g/mol. The van der Waals surface area contributed by atoms with E-state index in [1.54, 1.807) is 31.1 Å². The van der Waals surface area contributed by atoms with E-state index in [9.17, 15) is 13.2 Å². The van der Waals surface area contributed by atoms with Crippen molar-refractivity contribution in [2.75, 3.05) is 29.0 Å². The van der Waals surface area contributed by atoms with Gasteiger partial charge in [-0.15, -0.1) is 0 Å². The summed E-state index contributed by atoms with van der Waals surface area (Å²) in [6.07, 6.45) is 3.70. The van der Waals surface area contributed by atoms with E-state index in [2.05, 4.69) is 20.0 Å². The molecular weight excluding hydrogens is 330 g/mol. The van der Waals surface area contributed by atoms with Crippen LogP contribution in [0.25, 0.3) is 0 Å². The minimum absolute atomic E-state index is 0.0608. The van der Waals surface area contributed by atoms with Crippen molar-refractivity contribution in [2.45, 2.75) is 17.7 Å². The molecule has 3 rings (SSSR count). The van der Waals surface area contributed by atoms with E-state index < -0.39 is 10.0 Å². The fourth-order valence-corrected chi connectivity index (χ4v) is 3.42. The number of fused-ring (bicyclic) bond motifs is 1. The first kappa shape index (κ1) is 16.2. The summed E-state index contributed by atoms with van der Waals surface area (Å²) in [6, 6.07) is 4.64. The van der Waals surface area contributed by atoms with Gasteiger partial charge in [-0.1, -0.05) is 0 Å². The van der Waals surface area contributed by atoms with E-state index in [1.165, 1.54) is 18.5 Å². The largest absolute Gasteiger partial charge is 0.347 e. The molecule has 0 radical (unpaired) electrons. The fourth-order valence-electron chi connectivity index (χ4n) is 2.35. The highest BCUT2D eigenvalue weighted by molar-refractivity contribution is 7.92. The molecule has 2 aromatic rings. The summed E-state index contributed by atoms with van der Waals surface area (Å²) >= 11 is 0. The van der Waals surface area contributed by atoms with Gasteiger partial charge in [0.15, 0.2) is 0 Å². The maximum Gasteiger partial charge on any atom is 0.262 e. The molecular formula is C15H17N5O3S. The van der Waals surface area contributed by atoms with Crippen LogP contribution < -0.4 is 14.9 Å².